The van der Waals surface area contributed by atoms with Gasteiger partial charge in [-0.3, -0.25) is 0 Å². The summed E-state index contributed by atoms with van der Waals surface area (Å²) >= 11 is 3.33. The van der Waals surface area contributed by atoms with Crippen molar-refractivity contribution < 1.29 is 0 Å². The van der Waals surface area contributed by atoms with Gasteiger partial charge in [0.25, 0.3) is 0 Å². The molecule has 0 bridgehead atoms. The number of hydrogen-bond donors (Lipinski definition) is 1. The fraction of sp³-hybridized carbons (Fsp3) is 0.800. The molecule has 0 aliphatic heterocycles. The van der Waals surface area contributed by atoms with Gasteiger partial charge in [0, 0.05) is 11.0 Å². The lowest BCUT2D eigenvalue weighted by molar-refractivity contribution is 0.485. The first-order chi connectivity index (χ1) is 5.79. The first kappa shape index (κ1) is 10.3. The van der Waals surface area contributed by atoms with Crippen molar-refractivity contribution in [2.75, 3.05) is 13.1 Å². The van der Waals surface area contributed by atoms with Gasteiger partial charge in [-0.1, -0.05) is 48.2 Å². The Morgan fingerprint density at radius 2 is 2.08 bits per heavy atom. The molecular weight excluding hydrogens is 214 g/mol. The van der Waals surface area contributed by atoms with Crippen molar-refractivity contribution >= 4 is 15.9 Å². The first-order valence-electron chi connectivity index (χ1n) is 4.83. The van der Waals surface area contributed by atoms with Crippen molar-refractivity contribution in [2.24, 2.45) is 5.92 Å². The molecule has 1 saturated carbocycles. The van der Waals surface area contributed by atoms with E-state index in [1.165, 1.54) is 32.1 Å². The quantitative estimate of drug-likeness (QED) is 0.718. The highest BCUT2D eigenvalue weighted by Crippen LogP contribution is 2.26. The van der Waals surface area contributed by atoms with E-state index in [-0.39, 0.29) is 0 Å². The van der Waals surface area contributed by atoms with Crippen molar-refractivity contribution in [1.29, 1.82) is 0 Å². The molecule has 0 spiro atoms. The molecule has 70 valence electrons. The predicted molar refractivity (Wildman–Crippen MR) is 57.5 cm³/mol. The maximum absolute atomic E-state index is 3.78. The van der Waals surface area contributed by atoms with Crippen LogP contribution in [0.3, 0.4) is 0 Å². The van der Waals surface area contributed by atoms with Crippen LogP contribution < -0.4 is 5.32 Å². The highest BCUT2D eigenvalue weighted by Gasteiger charge is 2.13. The summed E-state index contributed by atoms with van der Waals surface area (Å²) in [5.74, 6) is 1.00. The van der Waals surface area contributed by atoms with Crippen LogP contribution in [0.4, 0.5) is 0 Å². The summed E-state index contributed by atoms with van der Waals surface area (Å²) in [5, 5.41) is 3.37. The average Bonchev–Trinajstić information content (AvgIpc) is 2.49. The van der Waals surface area contributed by atoms with Crippen LogP contribution >= 0.6 is 15.9 Å². The Morgan fingerprint density at radius 1 is 1.42 bits per heavy atom. The van der Waals surface area contributed by atoms with Gasteiger partial charge in [-0.05, 0) is 18.9 Å². The second-order valence-electron chi connectivity index (χ2n) is 3.63. The largest absolute Gasteiger partial charge is 0.312 e. The normalized spacial score (nSPS) is 18.4. The molecule has 1 aliphatic carbocycles. The zero-order chi connectivity index (χ0) is 8.81. The van der Waals surface area contributed by atoms with E-state index in [0.717, 1.165) is 23.5 Å². The number of halogens is 1. The lowest BCUT2D eigenvalue weighted by atomic mass is 10.0. The van der Waals surface area contributed by atoms with Crippen molar-refractivity contribution in [3.05, 3.63) is 11.1 Å². The second kappa shape index (κ2) is 5.76. The standard InChI is InChI=1S/C10H18BrN/c1-9(11)8-12-7-6-10-4-2-3-5-10/h10,12H,1-8H2. The molecule has 1 nitrogen and oxygen atoms in total. The molecule has 1 rings (SSSR count). The van der Waals surface area contributed by atoms with Gasteiger partial charge in [0.15, 0.2) is 0 Å². The van der Waals surface area contributed by atoms with Crippen LogP contribution in [0.2, 0.25) is 0 Å². The Balaban J connectivity index is 1.91. The van der Waals surface area contributed by atoms with E-state index in [2.05, 4.69) is 27.8 Å². The third-order valence-electron chi connectivity index (χ3n) is 2.52. The smallest absolute Gasteiger partial charge is 0.0265 e. The van der Waals surface area contributed by atoms with Gasteiger partial charge >= 0.3 is 0 Å². The molecule has 0 aromatic carbocycles. The summed E-state index contributed by atoms with van der Waals surface area (Å²) in [6.07, 6.45) is 7.17. The predicted octanol–water partition coefficient (Wildman–Crippen LogP) is 3.06. The van der Waals surface area contributed by atoms with Crippen LogP contribution in [-0.2, 0) is 0 Å². The highest BCUT2D eigenvalue weighted by molar-refractivity contribution is 9.11. The van der Waals surface area contributed by atoms with Gasteiger partial charge in [-0.25, -0.2) is 0 Å². The van der Waals surface area contributed by atoms with Crippen molar-refractivity contribution in [3.63, 3.8) is 0 Å². The fourth-order valence-corrected chi connectivity index (χ4v) is 2.03. The SMILES string of the molecule is C=C(Br)CNCCC1CCCC1. The minimum Gasteiger partial charge on any atom is -0.312 e. The third-order valence-corrected chi connectivity index (χ3v) is 2.80. The van der Waals surface area contributed by atoms with Crippen molar-refractivity contribution in [2.45, 2.75) is 32.1 Å². The van der Waals surface area contributed by atoms with E-state index in [9.17, 15) is 0 Å². The van der Waals surface area contributed by atoms with Crippen molar-refractivity contribution in [1.82, 2.24) is 5.32 Å². The third kappa shape index (κ3) is 4.27. The molecule has 1 aliphatic rings. The van der Waals surface area contributed by atoms with Crippen molar-refractivity contribution in [3.8, 4) is 0 Å². The Morgan fingerprint density at radius 3 is 2.67 bits per heavy atom. The molecule has 1 fully saturated rings. The van der Waals surface area contributed by atoms with Gasteiger partial charge < -0.3 is 5.32 Å². The van der Waals surface area contributed by atoms with E-state index in [1.54, 1.807) is 0 Å². The number of nitrogens with one attached hydrogen (secondary N) is 1. The summed E-state index contributed by atoms with van der Waals surface area (Å²) in [4.78, 5) is 0. The van der Waals surface area contributed by atoms with Gasteiger partial charge in [-0.2, -0.15) is 0 Å². The zero-order valence-electron chi connectivity index (χ0n) is 7.61. The molecule has 0 heterocycles. The lowest BCUT2D eigenvalue weighted by Crippen LogP contribution is -2.18. The number of hydrogen-bond acceptors (Lipinski definition) is 1. The Labute approximate surface area is 83.7 Å². The van der Waals surface area contributed by atoms with E-state index < -0.39 is 0 Å². The molecule has 0 aromatic rings. The van der Waals surface area contributed by atoms with Gasteiger partial charge in [0.1, 0.15) is 0 Å². The van der Waals surface area contributed by atoms with Crippen LogP contribution in [-0.4, -0.2) is 13.1 Å². The van der Waals surface area contributed by atoms with Gasteiger partial charge in [0.2, 0.25) is 0 Å². The molecule has 2 heteroatoms. The van der Waals surface area contributed by atoms with Crippen LogP contribution in [0.5, 0.6) is 0 Å². The molecule has 1 N–H and O–H groups in total. The molecule has 0 atom stereocenters. The topological polar surface area (TPSA) is 12.0 Å². The maximum Gasteiger partial charge on any atom is 0.0265 e. The van der Waals surface area contributed by atoms with E-state index in [4.69, 9.17) is 0 Å². The molecule has 0 unspecified atom stereocenters. The molecular formula is C10H18BrN. The summed E-state index contributed by atoms with van der Waals surface area (Å²) in [6.45, 7) is 5.84. The molecule has 0 saturated heterocycles. The molecule has 0 aromatic heterocycles. The zero-order valence-corrected chi connectivity index (χ0v) is 9.20. The first-order valence-corrected chi connectivity index (χ1v) is 5.62. The van der Waals surface area contributed by atoms with E-state index in [0.29, 0.717) is 0 Å². The summed E-state index contributed by atoms with van der Waals surface area (Å²) in [7, 11) is 0. The minimum absolute atomic E-state index is 0.909. The Bertz CT molecular complexity index is 139. The average molecular weight is 232 g/mol. The highest BCUT2D eigenvalue weighted by atomic mass is 79.9. The minimum atomic E-state index is 0.909. The van der Waals surface area contributed by atoms with Gasteiger partial charge in [0.05, 0.1) is 0 Å². The fourth-order valence-electron chi connectivity index (χ4n) is 1.83. The van der Waals surface area contributed by atoms with Crippen LogP contribution in [0.1, 0.15) is 32.1 Å². The summed E-state index contributed by atoms with van der Waals surface area (Å²) in [5.41, 5.74) is 0. The summed E-state index contributed by atoms with van der Waals surface area (Å²) in [6, 6.07) is 0. The monoisotopic (exact) mass is 231 g/mol. The number of rotatable bonds is 5. The molecule has 12 heavy (non-hydrogen) atoms. The summed E-state index contributed by atoms with van der Waals surface area (Å²) < 4.78 is 1.05. The van der Waals surface area contributed by atoms with Crippen LogP contribution in [0.25, 0.3) is 0 Å². The van der Waals surface area contributed by atoms with E-state index in [1.807, 2.05) is 0 Å². The van der Waals surface area contributed by atoms with Gasteiger partial charge in [-0.15, -0.1) is 0 Å². The Hall–Kier alpha value is 0.180. The van der Waals surface area contributed by atoms with Crippen LogP contribution in [0.15, 0.2) is 11.1 Å². The molecule has 0 amide bonds. The van der Waals surface area contributed by atoms with E-state index >= 15 is 0 Å². The Kier molecular flexibility index (Phi) is 4.93. The second-order valence-corrected chi connectivity index (χ2v) is 4.75. The molecule has 0 radical (unpaired) electrons. The van der Waals surface area contributed by atoms with Crippen LogP contribution in [0, 0.1) is 5.92 Å². The lowest BCUT2D eigenvalue weighted by Gasteiger charge is -2.08. The maximum atomic E-state index is 3.78.